The zero-order chi connectivity index (χ0) is 45.1. The van der Waals surface area contributed by atoms with Crippen molar-refractivity contribution in [3.8, 4) is 0 Å². The minimum atomic E-state index is -0.796. The maximum atomic E-state index is 12.8. The van der Waals surface area contributed by atoms with Gasteiger partial charge in [0, 0.05) is 19.3 Å². The first-order valence-electron chi connectivity index (χ1n) is 25.2. The lowest BCUT2D eigenvalue weighted by Gasteiger charge is -2.18. The van der Waals surface area contributed by atoms with Crippen LogP contribution in [0, 0.1) is 0 Å². The van der Waals surface area contributed by atoms with Gasteiger partial charge in [-0.2, -0.15) is 0 Å². The van der Waals surface area contributed by atoms with E-state index in [1.807, 2.05) is 0 Å². The Bertz CT molecular complexity index is 1260. The first kappa shape index (κ1) is 58.3. The Labute approximate surface area is 381 Å². The van der Waals surface area contributed by atoms with Crippen LogP contribution in [0.4, 0.5) is 0 Å². The highest BCUT2D eigenvalue weighted by Crippen LogP contribution is 2.13. The predicted molar refractivity (Wildman–Crippen MR) is 265 cm³/mol. The van der Waals surface area contributed by atoms with Gasteiger partial charge in [0.2, 0.25) is 0 Å². The standard InChI is InChI=1S/C56H92O6/c1-4-7-10-13-16-19-21-23-25-27-28-29-31-32-34-37-40-43-46-49-55(58)61-52-53(51-60-54(57)48-45-42-39-36-18-15-12-9-6-3)62-56(59)50-47-44-41-38-35-33-30-26-24-22-20-17-14-11-8-5-2/h7-8,10-11,16-17,19-20,23-26,28-29,32,34,53H,4-6,9,12-15,18,21-22,27,30-31,33,35-52H2,1-3H3/b10-7-,11-8-,19-16-,20-17-,25-23-,26-24-,29-28-,34-32-. The van der Waals surface area contributed by atoms with Gasteiger partial charge in [-0.05, 0) is 96.3 Å². The number of esters is 3. The van der Waals surface area contributed by atoms with Gasteiger partial charge in [0.25, 0.3) is 0 Å². The first-order chi connectivity index (χ1) is 30.5. The molecule has 0 rings (SSSR count). The molecule has 0 saturated heterocycles. The summed E-state index contributed by atoms with van der Waals surface area (Å²) >= 11 is 0. The molecular formula is C56H92O6. The van der Waals surface area contributed by atoms with Crippen LogP contribution in [-0.2, 0) is 28.6 Å². The summed E-state index contributed by atoms with van der Waals surface area (Å²) in [4.78, 5) is 37.9. The maximum Gasteiger partial charge on any atom is 0.306 e. The molecule has 0 aromatic heterocycles. The first-order valence-corrected chi connectivity index (χ1v) is 25.2. The second kappa shape index (κ2) is 50.0. The molecule has 0 fully saturated rings. The second-order valence-electron chi connectivity index (χ2n) is 16.3. The third-order valence-electron chi connectivity index (χ3n) is 10.3. The molecule has 1 unspecified atom stereocenters. The highest BCUT2D eigenvalue weighted by atomic mass is 16.6. The van der Waals surface area contributed by atoms with Crippen LogP contribution < -0.4 is 0 Å². The molecule has 0 amide bonds. The van der Waals surface area contributed by atoms with Crippen molar-refractivity contribution in [3.63, 3.8) is 0 Å². The molecule has 0 bridgehead atoms. The highest BCUT2D eigenvalue weighted by molar-refractivity contribution is 5.71. The number of rotatable bonds is 44. The van der Waals surface area contributed by atoms with Crippen LogP contribution in [0.2, 0.25) is 0 Å². The van der Waals surface area contributed by atoms with Gasteiger partial charge in [-0.3, -0.25) is 14.4 Å². The summed E-state index contributed by atoms with van der Waals surface area (Å²) in [7, 11) is 0. The molecule has 0 aliphatic heterocycles. The van der Waals surface area contributed by atoms with Gasteiger partial charge in [0.05, 0.1) is 0 Å². The average Bonchev–Trinajstić information content (AvgIpc) is 3.27. The predicted octanol–water partition coefficient (Wildman–Crippen LogP) is 16.6. The van der Waals surface area contributed by atoms with E-state index in [4.69, 9.17) is 14.2 Å². The van der Waals surface area contributed by atoms with E-state index in [2.05, 4.69) is 118 Å². The second-order valence-corrected chi connectivity index (χ2v) is 16.3. The van der Waals surface area contributed by atoms with Crippen LogP contribution in [0.25, 0.3) is 0 Å². The third-order valence-corrected chi connectivity index (χ3v) is 10.3. The Morgan fingerprint density at radius 1 is 0.339 bits per heavy atom. The van der Waals surface area contributed by atoms with Crippen molar-refractivity contribution in [1.82, 2.24) is 0 Å². The Balaban J connectivity index is 4.43. The molecule has 352 valence electrons. The molecule has 0 aromatic carbocycles. The van der Waals surface area contributed by atoms with E-state index >= 15 is 0 Å². The molecule has 0 radical (unpaired) electrons. The van der Waals surface area contributed by atoms with Crippen molar-refractivity contribution >= 4 is 17.9 Å². The van der Waals surface area contributed by atoms with Gasteiger partial charge in [0.15, 0.2) is 6.10 Å². The van der Waals surface area contributed by atoms with E-state index < -0.39 is 6.10 Å². The van der Waals surface area contributed by atoms with Gasteiger partial charge >= 0.3 is 17.9 Å². The fourth-order valence-electron chi connectivity index (χ4n) is 6.60. The van der Waals surface area contributed by atoms with Crippen molar-refractivity contribution < 1.29 is 28.6 Å². The van der Waals surface area contributed by atoms with Crippen LogP contribution in [0.1, 0.15) is 220 Å². The third kappa shape index (κ3) is 47.4. The monoisotopic (exact) mass is 861 g/mol. The van der Waals surface area contributed by atoms with Gasteiger partial charge in [-0.1, -0.05) is 201 Å². The van der Waals surface area contributed by atoms with Crippen LogP contribution in [0.5, 0.6) is 0 Å². The fraction of sp³-hybridized carbons (Fsp3) is 0.661. The largest absolute Gasteiger partial charge is 0.462 e. The molecule has 6 nitrogen and oxygen atoms in total. The summed E-state index contributed by atoms with van der Waals surface area (Å²) in [6.45, 7) is 6.34. The molecule has 0 heterocycles. The number of hydrogen-bond acceptors (Lipinski definition) is 6. The zero-order valence-corrected chi connectivity index (χ0v) is 40.1. The van der Waals surface area contributed by atoms with Crippen molar-refractivity contribution in [1.29, 1.82) is 0 Å². The molecule has 1 atom stereocenters. The minimum Gasteiger partial charge on any atom is -0.462 e. The van der Waals surface area contributed by atoms with E-state index in [9.17, 15) is 14.4 Å². The summed E-state index contributed by atoms with van der Waals surface area (Å²) < 4.78 is 16.7. The van der Waals surface area contributed by atoms with Crippen molar-refractivity contribution in [2.75, 3.05) is 13.2 Å². The molecule has 0 saturated carbocycles. The fourth-order valence-corrected chi connectivity index (χ4v) is 6.60. The number of ether oxygens (including phenoxy) is 3. The number of carbonyl (C=O) groups excluding carboxylic acids is 3. The van der Waals surface area contributed by atoms with E-state index in [0.717, 1.165) is 128 Å². The lowest BCUT2D eigenvalue weighted by molar-refractivity contribution is -0.167. The number of allylic oxidation sites excluding steroid dienone is 16. The topological polar surface area (TPSA) is 78.9 Å². The Kier molecular flexibility index (Phi) is 47.0. The molecule has 0 aliphatic carbocycles. The normalized spacial score (nSPS) is 12.9. The maximum absolute atomic E-state index is 12.8. The summed E-state index contributed by atoms with van der Waals surface area (Å²) in [5.74, 6) is -0.947. The van der Waals surface area contributed by atoms with E-state index in [0.29, 0.717) is 19.3 Å². The Hall–Kier alpha value is -3.67. The molecule has 0 aliphatic rings. The SMILES string of the molecule is CC/C=C\C/C=C\C/C=C\C/C=C\C/C=C\CCCCCC(=O)OCC(COC(=O)CCCCCCCCCCC)OC(=O)CCCCCCCC/C=C\C/C=C\C/C=C\CC. The molecule has 62 heavy (non-hydrogen) atoms. The molecule has 0 spiro atoms. The number of carbonyl (C=O) groups is 3. The van der Waals surface area contributed by atoms with E-state index in [1.54, 1.807) is 0 Å². The lowest BCUT2D eigenvalue weighted by Crippen LogP contribution is -2.30. The average molecular weight is 861 g/mol. The summed E-state index contributed by atoms with van der Waals surface area (Å²) in [5.41, 5.74) is 0. The summed E-state index contributed by atoms with van der Waals surface area (Å²) in [6, 6.07) is 0. The molecule has 0 N–H and O–H groups in total. The highest BCUT2D eigenvalue weighted by Gasteiger charge is 2.19. The van der Waals surface area contributed by atoms with E-state index in [1.165, 1.54) is 51.4 Å². The minimum absolute atomic E-state index is 0.0937. The van der Waals surface area contributed by atoms with Gasteiger partial charge in [0.1, 0.15) is 13.2 Å². The van der Waals surface area contributed by atoms with Gasteiger partial charge in [-0.25, -0.2) is 0 Å². The van der Waals surface area contributed by atoms with Gasteiger partial charge < -0.3 is 14.2 Å². The van der Waals surface area contributed by atoms with Crippen molar-refractivity contribution in [3.05, 3.63) is 97.2 Å². The quantitative estimate of drug-likeness (QED) is 0.0263. The summed E-state index contributed by atoms with van der Waals surface area (Å²) in [6.07, 6.45) is 65.3. The smallest absolute Gasteiger partial charge is 0.306 e. The van der Waals surface area contributed by atoms with Crippen LogP contribution in [0.15, 0.2) is 97.2 Å². The Morgan fingerprint density at radius 3 is 1.00 bits per heavy atom. The summed E-state index contributed by atoms with van der Waals surface area (Å²) in [5, 5.41) is 0. The van der Waals surface area contributed by atoms with Crippen LogP contribution in [0.3, 0.4) is 0 Å². The van der Waals surface area contributed by atoms with E-state index in [-0.39, 0.29) is 31.1 Å². The van der Waals surface area contributed by atoms with Crippen molar-refractivity contribution in [2.24, 2.45) is 0 Å². The van der Waals surface area contributed by atoms with Crippen LogP contribution in [-0.4, -0.2) is 37.2 Å². The van der Waals surface area contributed by atoms with Crippen molar-refractivity contribution in [2.45, 2.75) is 226 Å². The Morgan fingerprint density at radius 2 is 0.629 bits per heavy atom. The lowest BCUT2D eigenvalue weighted by atomic mass is 10.1. The van der Waals surface area contributed by atoms with Gasteiger partial charge in [-0.15, -0.1) is 0 Å². The zero-order valence-electron chi connectivity index (χ0n) is 40.1. The van der Waals surface area contributed by atoms with Crippen LogP contribution >= 0.6 is 0 Å². The molecule has 0 aromatic rings. The molecular weight excluding hydrogens is 769 g/mol. The number of unbranched alkanes of at least 4 members (excludes halogenated alkanes) is 17. The number of hydrogen-bond donors (Lipinski definition) is 0. The molecule has 6 heteroatoms.